The number of aryl methyl sites for hydroxylation is 1. The Balaban J connectivity index is 2.26. The van der Waals surface area contributed by atoms with Crippen LogP contribution < -0.4 is 10.5 Å². The molecule has 0 aliphatic rings. The van der Waals surface area contributed by atoms with Crippen LogP contribution in [0.5, 0.6) is 11.6 Å². The number of ether oxygens (including phenoxy) is 1. The lowest BCUT2D eigenvalue weighted by molar-refractivity contribution is -0.137. The molecule has 0 saturated carbocycles. The molecule has 0 unspecified atom stereocenters. The maximum absolute atomic E-state index is 12.5. The van der Waals surface area contributed by atoms with Crippen LogP contribution in [0.1, 0.15) is 11.3 Å². The molecule has 1 aromatic heterocycles. The molecule has 3 nitrogen and oxygen atoms in total. The molecule has 0 saturated heterocycles. The van der Waals surface area contributed by atoms with Crippen LogP contribution in [0.2, 0.25) is 0 Å². The van der Waals surface area contributed by atoms with Gasteiger partial charge in [0.2, 0.25) is 5.88 Å². The molecule has 0 bridgehead atoms. The number of halogens is 3. The Labute approximate surface area is 107 Å². The monoisotopic (exact) mass is 268 g/mol. The minimum Gasteiger partial charge on any atom is -0.439 e. The fourth-order valence-corrected chi connectivity index (χ4v) is 1.46. The van der Waals surface area contributed by atoms with Crippen LogP contribution in [0.3, 0.4) is 0 Å². The van der Waals surface area contributed by atoms with E-state index >= 15 is 0 Å². The van der Waals surface area contributed by atoms with Crippen LogP contribution in [0, 0.1) is 6.92 Å². The van der Waals surface area contributed by atoms with Gasteiger partial charge in [-0.1, -0.05) is 6.07 Å². The zero-order valence-corrected chi connectivity index (χ0v) is 10.0. The number of benzene rings is 1. The van der Waals surface area contributed by atoms with Gasteiger partial charge in [-0.05, 0) is 31.2 Å². The Morgan fingerprint density at radius 1 is 1.16 bits per heavy atom. The van der Waals surface area contributed by atoms with Crippen LogP contribution >= 0.6 is 0 Å². The van der Waals surface area contributed by atoms with E-state index in [4.69, 9.17) is 10.5 Å². The first-order valence-electron chi connectivity index (χ1n) is 5.44. The van der Waals surface area contributed by atoms with E-state index in [2.05, 4.69) is 4.98 Å². The van der Waals surface area contributed by atoms with Gasteiger partial charge in [-0.25, -0.2) is 4.98 Å². The van der Waals surface area contributed by atoms with Gasteiger partial charge in [-0.2, -0.15) is 13.2 Å². The minimum absolute atomic E-state index is 0.0755. The van der Waals surface area contributed by atoms with Gasteiger partial charge in [0, 0.05) is 6.07 Å². The summed E-state index contributed by atoms with van der Waals surface area (Å²) in [6.45, 7) is 1.69. The molecule has 1 aromatic carbocycles. The van der Waals surface area contributed by atoms with E-state index in [1.54, 1.807) is 13.0 Å². The number of nitrogens with zero attached hydrogens (tertiary/aromatic N) is 1. The lowest BCUT2D eigenvalue weighted by Crippen LogP contribution is -2.04. The number of hydrogen-bond acceptors (Lipinski definition) is 3. The van der Waals surface area contributed by atoms with E-state index in [9.17, 15) is 13.2 Å². The summed E-state index contributed by atoms with van der Waals surface area (Å²) in [7, 11) is 0. The van der Waals surface area contributed by atoms with E-state index in [0.29, 0.717) is 11.4 Å². The molecule has 6 heteroatoms. The Morgan fingerprint density at radius 3 is 2.53 bits per heavy atom. The molecule has 0 amide bonds. The van der Waals surface area contributed by atoms with Gasteiger partial charge in [-0.3, -0.25) is 0 Å². The fourth-order valence-electron chi connectivity index (χ4n) is 1.46. The Bertz CT molecular complexity index is 597. The summed E-state index contributed by atoms with van der Waals surface area (Å²) in [4.78, 5) is 4.03. The van der Waals surface area contributed by atoms with E-state index in [1.165, 1.54) is 18.2 Å². The minimum atomic E-state index is -4.40. The number of anilines is 1. The molecule has 0 radical (unpaired) electrons. The smallest absolute Gasteiger partial charge is 0.416 e. The van der Waals surface area contributed by atoms with Gasteiger partial charge < -0.3 is 10.5 Å². The number of nitrogen functional groups attached to an aromatic ring is 1. The number of aromatic nitrogens is 1. The number of pyridine rings is 1. The van der Waals surface area contributed by atoms with Crippen molar-refractivity contribution in [2.45, 2.75) is 13.1 Å². The van der Waals surface area contributed by atoms with Crippen LogP contribution in [-0.4, -0.2) is 4.98 Å². The van der Waals surface area contributed by atoms with Crippen molar-refractivity contribution < 1.29 is 17.9 Å². The van der Waals surface area contributed by atoms with Crippen molar-refractivity contribution in [3.05, 3.63) is 47.7 Å². The number of alkyl halides is 3. The lowest BCUT2D eigenvalue weighted by Gasteiger charge is -2.10. The third-order valence-corrected chi connectivity index (χ3v) is 2.48. The second-order valence-corrected chi connectivity index (χ2v) is 3.95. The fraction of sp³-hybridized carbons (Fsp3) is 0.154. The molecule has 0 fully saturated rings. The molecule has 0 spiro atoms. The number of nitrogens with two attached hydrogens (primary N) is 1. The summed E-state index contributed by atoms with van der Waals surface area (Å²) in [5.74, 6) is 0.275. The summed E-state index contributed by atoms with van der Waals surface area (Å²) in [6, 6.07) is 7.71. The van der Waals surface area contributed by atoms with E-state index in [0.717, 1.165) is 12.1 Å². The maximum atomic E-state index is 12.5. The molecule has 2 N–H and O–H groups in total. The average Bonchev–Trinajstić information content (AvgIpc) is 2.33. The highest BCUT2D eigenvalue weighted by Crippen LogP contribution is 2.32. The summed E-state index contributed by atoms with van der Waals surface area (Å²) in [6.07, 6.45) is -4.40. The van der Waals surface area contributed by atoms with Gasteiger partial charge in [0.25, 0.3) is 0 Å². The van der Waals surface area contributed by atoms with Crippen molar-refractivity contribution >= 4 is 5.69 Å². The van der Waals surface area contributed by atoms with E-state index in [1.807, 2.05) is 0 Å². The quantitative estimate of drug-likeness (QED) is 0.901. The van der Waals surface area contributed by atoms with Gasteiger partial charge in [0.1, 0.15) is 5.75 Å². The molecule has 0 atom stereocenters. The zero-order valence-electron chi connectivity index (χ0n) is 10.0. The summed E-state index contributed by atoms with van der Waals surface area (Å²) >= 11 is 0. The maximum Gasteiger partial charge on any atom is 0.416 e. The van der Waals surface area contributed by atoms with Gasteiger partial charge in [0.05, 0.1) is 16.9 Å². The first-order chi connectivity index (χ1) is 8.86. The summed E-state index contributed by atoms with van der Waals surface area (Å²) < 4.78 is 42.9. The predicted octanol–water partition coefficient (Wildman–Crippen LogP) is 3.78. The molecule has 1 heterocycles. The highest BCUT2D eigenvalue weighted by molar-refractivity contribution is 5.44. The normalized spacial score (nSPS) is 11.4. The SMILES string of the molecule is Cc1nc(Oc2cccc(C(F)(F)F)c2)ccc1N. The second kappa shape index (κ2) is 4.79. The third kappa shape index (κ3) is 3.15. The molecule has 2 rings (SSSR count). The molecule has 0 aliphatic heterocycles. The predicted molar refractivity (Wildman–Crippen MR) is 64.9 cm³/mol. The topological polar surface area (TPSA) is 48.1 Å². The van der Waals surface area contributed by atoms with Crippen molar-refractivity contribution in [2.24, 2.45) is 0 Å². The van der Waals surface area contributed by atoms with Gasteiger partial charge >= 0.3 is 6.18 Å². The van der Waals surface area contributed by atoms with Crippen molar-refractivity contribution in [1.82, 2.24) is 4.98 Å². The largest absolute Gasteiger partial charge is 0.439 e. The first kappa shape index (κ1) is 13.2. The first-order valence-corrected chi connectivity index (χ1v) is 5.44. The number of rotatable bonds is 2. The van der Waals surface area contributed by atoms with Crippen LogP contribution in [0.15, 0.2) is 36.4 Å². The van der Waals surface area contributed by atoms with Gasteiger partial charge in [-0.15, -0.1) is 0 Å². The van der Waals surface area contributed by atoms with Crippen LogP contribution in [-0.2, 0) is 6.18 Å². The standard InChI is InChI=1S/C13H11F3N2O/c1-8-11(17)5-6-12(18-8)19-10-4-2-3-9(7-10)13(14,15)16/h2-7H,17H2,1H3. The third-order valence-electron chi connectivity index (χ3n) is 2.48. The molecule has 0 aliphatic carbocycles. The Hall–Kier alpha value is -2.24. The molecule has 19 heavy (non-hydrogen) atoms. The average molecular weight is 268 g/mol. The molecular weight excluding hydrogens is 257 g/mol. The van der Waals surface area contributed by atoms with E-state index in [-0.39, 0.29) is 11.6 Å². The van der Waals surface area contributed by atoms with Crippen molar-refractivity contribution in [1.29, 1.82) is 0 Å². The van der Waals surface area contributed by atoms with Gasteiger partial charge in [0.15, 0.2) is 0 Å². The molecule has 2 aromatic rings. The highest BCUT2D eigenvalue weighted by atomic mass is 19.4. The summed E-state index contributed by atoms with van der Waals surface area (Å²) in [5, 5.41) is 0. The lowest BCUT2D eigenvalue weighted by atomic mass is 10.2. The summed E-state index contributed by atoms with van der Waals surface area (Å²) in [5.41, 5.74) is 5.89. The zero-order chi connectivity index (χ0) is 14.0. The van der Waals surface area contributed by atoms with Crippen molar-refractivity contribution in [2.75, 3.05) is 5.73 Å². The Kier molecular flexibility index (Phi) is 3.33. The second-order valence-electron chi connectivity index (χ2n) is 3.95. The number of hydrogen-bond donors (Lipinski definition) is 1. The highest BCUT2D eigenvalue weighted by Gasteiger charge is 2.30. The van der Waals surface area contributed by atoms with E-state index < -0.39 is 11.7 Å². The van der Waals surface area contributed by atoms with Crippen molar-refractivity contribution in [3.63, 3.8) is 0 Å². The molecular formula is C13H11F3N2O. The van der Waals surface area contributed by atoms with Crippen molar-refractivity contribution in [3.8, 4) is 11.6 Å². The van der Waals surface area contributed by atoms with Crippen LogP contribution in [0.4, 0.5) is 18.9 Å². The van der Waals surface area contributed by atoms with Crippen LogP contribution in [0.25, 0.3) is 0 Å². The Morgan fingerprint density at radius 2 is 1.89 bits per heavy atom. The molecule has 100 valence electrons.